The zero-order chi connectivity index (χ0) is 20.4. The number of carbonyl (C=O) groups excluding carboxylic acids is 1. The third-order valence-electron chi connectivity index (χ3n) is 4.06. The van der Waals surface area contributed by atoms with E-state index in [2.05, 4.69) is 9.80 Å². The molecule has 5 heteroatoms. The van der Waals surface area contributed by atoms with Crippen LogP contribution in [0.4, 0.5) is 0 Å². The second-order valence-electron chi connectivity index (χ2n) is 7.07. The first-order valence-electron chi connectivity index (χ1n) is 9.42. The molecule has 0 aliphatic rings. The second kappa shape index (κ2) is 11.3. The van der Waals surface area contributed by atoms with Crippen molar-refractivity contribution in [3.63, 3.8) is 0 Å². The number of likely N-dealkylation sites (N-methyl/N-ethyl adjacent to an activating group) is 2. The summed E-state index contributed by atoms with van der Waals surface area (Å²) in [5, 5.41) is 0. The average Bonchev–Trinajstić information content (AvgIpc) is 2.66. The topological polar surface area (TPSA) is 42.0 Å². The van der Waals surface area contributed by atoms with E-state index in [0.717, 1.165) is 24.4 Å². The summed E-state index contributed by atoms with van der Waals surface area (Å²) in [7, 11) is 8.00. The van der Waals surface area contributed by atoms with Crippen LogP contribution in [-0.4, -0.2) is 70.1 Å². The van der Waals surface area contributed by atoms with Crippen LogP contribution in [0.5, 0.6) is 11.5 Å². The minimum absolute atomic E-state index is 0.0684. The van der Waals surface area contributed by atoms with Crippen molar-refractivity contribution >= 4 is 11.9 Å². The summed E-state index contributed by atoms with van der Waals surface area (Å²) in [5.41, 5.74) is 1.48. The lowest BCUT2D eigenvalue weighted by Crippen LogP contribution is -2.19. The second-order valence-corrected chi connectivity index (χ2v) is 7.07. The molecular weight excluding hydrogens is 352 g/mol. The molecule has 28 heavy (non-hydrogen) atoms. The molecule has 0 aliphatic heterocycles. The molecule has 0 bridgehead atoms. The normalized spacial score (nSPS) is 11.4. The molecule has 0 aromatic heterocycles. The molecule has 0 amide bonds. The maximum absolute atomic E-state index is 12.6. The zero-order valence-corrected chi connectivity index (χ0v) is 17.2. The van der Waals surface area contributed by atoms with Crippen LogP contribution in [0.25, 0.3) is 6.08 Å². The van der Waals surface area contributed by atoms with E-state index >= 15 is 0 Å². The third kappa shape index (κ3) is 7.55. The van der Waals surface area contributed by atoms with E-state index in [1.54, 1.807) is 24.3 Å². The molecule has 0 atom stereocenters. The first-order chi connectivity index (χ1) is 13.5. The minimum atomic E-state index is -0.0684. The molecule has 150 valence electrons. The summed E-state index contributed by atoms with van der Waals surface area (Å²) in [6.45, 7) is 2.83. The molecule has 0 heterocycles. The van der Waals surface area contributed by atoms with Crippen molar-refractivity contribution in [2.24, 2.45) is 0 Å². The highest BCUT2D eigenvalue weighted by atomic mass is 16.5. The predicted molar refractivity (Wildman–Crippen MR) is 114 cm³/mol. The van der Waals surface area contributed by atoms with Crippen molar-refractivity contribution in [3.05, 3.63) is 65.7 Å². The highest BCUT2D eigenvalue weighted by molar-refractivity contribution is 6.07. The van der Waals surface area contributed by atoms with E-state index in [0.29, 0.717) is 24.5 Å². The van der Waals surface area contributed by atoms with Gasteiger partial charge in [0.15, 0.2) is 5.78 Å². The summed E-state index contributed by atoms with van der Waals surface area (Å²) in [6.07, 6.45) is 3.37. The van der Waals surface area contributed by atoms with Gasteiger partial charge in [0.05, 0.1) is 0 Å². The van der Waals surface area contributed by atoms with Crippen LogP contribution in [0.15, 0.2) is 54.6 Å². The van der Waals surface area contributed by atoms with Crippen molar-refractivity contribution in [2.75, 3.05) is 54.5 Å². The van der Waals surface area contributed by atoms with Crippen molar-refractivity contribution in [3.8, 4) is 11.5 Å². The van der Waals surface area contributed by atoms with E-state index < -0.39 is 0 Å². The van der Waals surface area contributed by atoms with Crippen molar-refractivity contribution < 1.29 is 14.3 Å². The quantitative estimate of drug-likeness (QED) is 0.440. The Bertz CT molecular complexity index is 785. The van der Waals surface area contributed by atoms with Crippen molar-refractivity contribution in [1.29, 1.82) is 0 Å². The SMILES string of the molecule is CN(C)CCOc1cccc(C(=O)/C=C/c2ccccc2OCCN(C)C)c1. The Hall–Kier alpha value is -2.63. The van der Waals surface area contributed by atoms with E-state index in [1.807, 2.05) is 64.6 Å². The Labute approximate surface area is 168 Å². The maximum Gasteiger partial charge on any atom is 0.185 e. The van der Waals surface area contributed by atoms with Crippen molar-refractivity contribution in [1.82, 2.24) is 9.80 Å². The Morgan fingerprint density at radius 3 is 2.29 bits per heavy atom. The monoisotopic (exact) mass is 382 g/mol. The number of rotatable bonds is 11. The smallest absolute Gasteiger partial charge is 0.185 e. The molecule has 0 fully saturated rings. The average molecular weight is 383 g/mol. The first kappa shape index (κ1) is 21.7. The largest absolute Gasteiger partial charge is 0.492 e. The first-order valence-corrected chi connectivity index (χ1v) is 9.42. The van der Waals surface area contributed by atoms with Crippen LogP contribution in [0.1, 0.15) is 15.9 Å². The maximum atomic E-state index is 12.6. The summed E-state index contributed by atoms with van der Waals surface area (Å²) in [4.78, 5) is 16.7. The van der Waals surface area contributed by atoms with Crippen LogP contribution < -0.4 is 9.47 Å². The van der Waals surface area contributed by atoms with Gasteiger partial charge in [-0.3, -0.25) is 4.79 Å². The highest BCUT2D eigenvalue weighted by Gasteiger charge is 2.06. The van der Waals surface area contributed by atoms with E-state index in [1.165, 1.54) is 0 Å². The molecular formula is C23H30N2O3. The lowest BCUT2D eigenvalue weighted by Gasteiger charge is -2.12. The van der Waals surface area contributed by atoms with Gasteiger partial charge >= 0.3 is 0 Å². The predicted octanol–water partition coefficient (Wildman–Crippen LogP) is 3.46. The molecule has 2 aromatic carbocycles. The molecule has 0 aliphatic carbocycles. The Morgan fingerprint density at radius 1 is 0.893 bits per heavy atom. The van der Waals surface area contributed by atoms with Crippen LogP contribution in [-0.2, 0) is 0 Å². The number of nitrogens with zero attached hydrogens (tertiary/aromatic N) is 2. The van der Waals surface area contributed by atoms with Gasteiger partial charge in [0.1, 0.15) is 24.7 Å². The molecule has 0 saturated carbocycles. The van der Waals surface area contributed by atoms with Crippen LogP contribution >= 0.6 is 0 Å². The fourth-order valence-electron chi connectivity index (χ4n) is 2.43. The summed E-state index contributed by atoms with van der Waals surface area (Å²) >= 11 is 0. The number of carbonyl (C=O) groups is 1. The lowest BCUT2D eigenvalue weighted by atomic mass is 10.1. The number of hydrogen-bond donors (Lipinski definition) is 0. The van der Waals surface area contributed by atoms with Gasteiger partial charge in [0, 0.05) is 24.2 Å². The van der Waals surface area contributed by atoms with Crippen molar-refractivity contribution in [2.45, 2.75) is 0 Å². The van der Waals surface area contributed by atoms with Gasteiger partial charge in [-0.1, -0.05) is 30.3 Å². The standard InChI is InChI=1S/C23H30N2O3/c1-24(2)14-16-27-21-10-7-9-20(18-21)22(26)13-12-19-8-5-6-11-23(19)28-17-15-25(3)4/h5-13,18H,14-17H2,1-4H3/b13-12+. The molecule has 0 radical (unpaired) electrons. The molecule has 0 unspecified atom stereocenters. The summed E-state index contributed by atoms with van der Waals surface area (Å²) in [6, 6.07) is 15.0. The number of para-hydroxylation sites is 1. The van der Waals surface area contributed by atoms with Crippen LogP contribution in [0.2, 0.25) is 0 Å². The summed E-state index contributed by atoms with van der Waals surface area (Å²) in [5.74, 6) is 1.41. The minimum Gasteiger partial charge on any atom is -0.492 e. The fraction of sp³-hybridized carbons (Fsp3) is 0.348. The molecule has 2 rings (SSSR count). The molecule has 2 aromatic rings. The fourth-order valence-corrected chi connectivity index (χ4v) is 2.43. The molecule has 5 nitrogen and oxygen atoms in total. The number of hydrogen-bond acceptors (Lipinski definition) is 5. The molecule has 0 N–H and O–H groups in total. The summed E-state index contributed by atoms with van der Waals surface area (Å²) < 4.78 is 11.6. The molecule has 0 saturated heterocycles. The van der Waals surface area contributed by atoms with Gasteiger partial charge in [-0.05, 0) is 58.5 Å². The van der Waals surface area contributed by atoms with Gasteiger partial charge in [0.25, 0.3) is 0 Å². The van der Waals surface area contributed by atoms with E-state index in [4.69, 9.17) is 9.47 Å². The highest BCUT2D eigenvalue weighted by Crippen LogP contribution is 2.20. The van der Waals surface area contributed by atoms with Gasteiger partial charge in [0.2, 0.25) is 0 Å². The Kier molecular flexibility index (Phi) is 8.72. The number of ether oxygens (including phenoxy) is 2. The number of ketones is 1. The van der Waals surface area contributed by atoms with E-state index in [-0.39, 0.29) is 5.78 Å². The van der Waals surface area contributed by atoms with Gasteiger partial charge in [-0.25, -0.2) is 0 Å². The van der Waals surface area contributed by atoms with Gasteiger partial charge < -0.3 is 19.3 Å². The van der Waals surface area contributed by atoms with Crippen LogP contribution in [0, 0.1) is 0 Å². The number of allylic oxidation sites excluding steroid dienone is 1. The lowest BCUT2D eigenvalue weighted by molar-refractivity contribution is 0.104. The van der Waals surface area contributed by atoms with E-state index in [9.17, 15) is 4.79 Å². The van der Waals surface area contributed by atoms with Gasteiger partial charge in [-0.15, -0.1) is 0 Å². The van der Waals surface area contributed by atoms with Gasteiger partial charge in [-0.2, -0.15) is 0 Å². The third-order valence-corrected chi connectivity index (χ3v) is 4.06. The Balaban J connectivity index is 2.01. The van der Waals surface area contributed by atoms with Crippen LogP contribution in [0.3, 0.4) is 0 Å². The zero-order valence-electron chi connectivity index (χ0n) is 17.2. The Morgan fingerprint density at radius 2 is 1.57 bits per heavy atom. The number of benzene rings is 2. The molecule has 0 spiro atoms.